The molecule has 21 N–H and O–H groups in total. The number of aryl methyl sites for hydroxylation is 1. The summed E-state index contributed by atoms with van der Waals surface area (Å²) >= 11 is 0. The number of anilines is 3. The number of amides is 3. The van der Waals surface area contributed by atoms with Crippen molar-refractivity contribution >= 4 is 68.1 Å². The van der Waals surface area contributed by atoms with Crippen molar-refractivity contribution in [1.29, 1.82) is 0 Å². The second-order valence-corrected chi connectivity index (χ2v) is 21.1. The van der Waals surface area contributed by atoms with Crippen LogP contribution in [0.2, 0.25) is 0 Å². The molecule has 85 heavy (non-hydrogen) atoms. The maximum Gasteiger partial charge on any atom is 0.237 e. The maximum absolute atomic E-state index is 12.6. The Balaban J connectivity index is 0.000000167. The molecule has 30 heteroatoms. The second-order valence-electron chi connectivity index (χ2n) is 21.1. The SMILES string of the molecule is CCCC(N)C(=O)NC1[C@@H](CO)O[C@@H](n2cc(O)c3c(N)ccnc32)[C@H]1O.C[C@H]1C(NC(=O)C(N)CCCF)[C@@H](CO)O[C@H]1n1cnc2c(N)ccnc21.Nc1ccnc2c1ncn2[C@@H]1O[C@H](CO)C(NC(=O)C(N)CCc2ccccc2)[C@@H]1O. The van der Waals surface area contributed by atoms with Gasteiger partial charge in [0.15, 0.2) is 23.8 Å². The number of aliphatic hydroxyl groups is 5. The lowest BCUT2D eigenvalue weighted by Gasteiger charge is -2.23. The number of aromatic nitrogens is 8. The fourth-order valence-corrected chi connectivity index (χ4v) is 10.7. The monoisotopic (exact) mass is 1190 g/mol. The van der Waals surface area contributed by atoms with Gasteiger partial charge in [0, 0.05) is 30.2 Å². The Bertz CT molecular complexity index is 3360. The molecule has 460 valence electrons. The van der Waals surface area contributed by atoms with Gasteiger partial charge in [0.2, 0.25) is 17.7 Å². The highest BCUT2D eigenvalue weighted by molar-refractivity contribution is 5.94. The number of nitrogens with one attached hydrogen (secondary N) is 3. The normalized spacial score (nSPS) is 25.6. The Kier molecular flexibility index (Phi) is 21.2. The number of hydrogen-bond acceptors (Lipinski definition) is 23. The van der Waals surface area contributed by atoms with E-state index in [1.807, 2.05) is 44.2 Å². The number of rotatable bonds is 20. The molecule has 15 atom stereocenters. The number of benzene rings is 1. The van der Waals surface area contributed by atoms with E-state index in [1.54, 1.807) is 39.9 Å². The first kappa shape index (κ1) is 63.3. The maximum atomic E-state index is 12.6. The standard InChI is InChI=1S/C21H26N6O4.C17H25FN6O3.C17H25N5O5/c22-13-8-9-24-19-16(13)25-11-27(19)21-18(29)17(15(10-28)31-21)26-20(30)14(23)7-6-12-4-2-1-3-5-12;1-9-13(23-16(26)11(20)3-2-5-18)12(7-25)27-17(9)24-8-22-14-10(19)4-6-21-15(14)24;1-2-3-9(19)16(26)21-13-11(7-23)27-17(14(13)25)22-6-10(24)12-8(18)4-5-20-15(12)22/h1-5,8-9,11,14-15,17-18,21,28-29H,6-7,10,23H2,(H2,22,24)(H,26,30);4,6,8-9,11-13,17,25H,2-3,5,7,20H2,1H3,(H2,19,21)(H,23,26);4-6,9,11,13-14,17,23-25H,2-3,7,19H2,1H3,(H2,18,20)(H,21,26)/t14?,15-,17?,18+,21-;9-,11?,12+,13?,17+;9?,11-,13?,14+,17-/m101/s1. The van der Waals surface area contributed by atoms with Crippen molar-refractivity contribution in [2.45, 2.75) is 138 Å². The van der Waals surface area contributed by atoms with E-state index in [4.69, 9.17) is 48.6 Å². The molecule has 3 amide bonds. The van der Waals surface area contributed by atoms with Gasteiger partial charge in [-0.2, -0.15) is 0 Å². The summed E-state index contributed by atoms with van der Waals surface area (Å²) in [5.74, 6) is -1.53. The van der Waals surface area contributed by atoms with Crippen LogP contribution < -0.4 is 50.4 Å². The largest absolute Gasteiger partial charge is 0.506 e. The van der Waals surface area contributed by atoms with Crippen molar-refractivity contribution in [2.24, 2.45) is 23.1 Å². The van der Waals surface area contributed by atoms with E-state index in [-0.39, 0.29) is 43.6 Å². The molecule has 0 saturated carbocycles. The van der Waals surface area contributed by atoms with Crippen LogP contribution in [0.3, 0.4) is 0 Å². The molecule has 6 unspecified atom stereocenters. The third-order valence-electron chi connectivity index (χ3n) is 15.3. The average molecular weight is 1190 g/mol. The van der Waals surface area contributed by atoms with Crippen LogP contribution in [0.5, 0.6) is 5.75 Å². The summed E-state index contributed by atoms with van der Waals surface area (Å²) in [5, 5.41) is 69.5. The summed E-state index contributed by atoms with van der Waals surface area (Å²) in [6.07, 6.45) is 4.83. The van der Waals surface area contributed by atoms with Crippen molar-refractivity contribution < 1.29 is 63.6 Å². The molecule has 0 radical (unpaired) electrons. The van der Waals surface area contributed by atoms with Crippen molar-refractivity contribution in [3.8, 4) is 5.75 Å². The van der Waals surface area contributed by atoms with Gasteiger partial charge in [0.25, 0.3) is 0 Å². The lowest BCUT2D eigenvalue weighted by Crippen LogP contribution is -2.53. The third kappa shape index (κ3) is 13.8. The molecule has 3 aliphatic heterocycles. The number of nitrogens with zero attached hydrogens (tertiary/aromatic N) is 8. The van der Waals surface area contributed by atoms with Gasteiger partial charge in [-0.3, -0.25) is 32.5 Å². The highest BCUT2D eigenvalue weighted by atomic mass is 19.1. The number of aromatic hydroxyl groups is 1. The van der Waals surface area contributed by atoms with E-state index in [0.29, 0.717) is 69.7 Å². The molecule has 7 aromatic rings. The van der Waals surface area contributed by atoms with E-state index in [1.165, 1.54) is 29.5 Å². The van der Waals surface area contributed by atoms with Gasteiger partial charge < -0.3 is 95.2 Å². The molecule has 0 spiro atoms. The molecule has 0 bridgehead atoms. The number of alkyl halides is 1. The van der Waals surface area contributed by atoms with Crippen LogP contribution in [-0.4, -0.2) is 180 Å². The molecule has 6 aromatic heterocycles. The zero-order valence-corrected chi connectivity index (χ0v) is 46.9. The van der Waals surface area contributed by atoms with E-state index in [2.05, 4.69) is 40.9 Å². The number of pyridine rings is 3. The predicted octanol–water partition coefficient (Wildman–Crippen LogP) is -1.00. The predicted molar refractivity (Wildman–Crippen MR) is 308 cm³/mol. The highest BCUT2D eigenvalue weighted by Gasteiger charge is 2.48. The van der Waals surface area contributed by atoms with Crippen LogP contribution in [0.4, 0.5) is 21.5 Å². The van der Waals surface area contributed by atoms with Gasteiger partial charge >= 0.3 is 0 Å². The van der Waals surface area contributed by atoms with Crippen LogP contribution in [0, 0.1) is 5.92 Å². The lowest BCUT2D eigenvalue weighted by atomic mass is 9.98. The highest BCUT2D eigenvalue weighted by Crippen LogP contribution is 2.39. The second kappa shape index (κ2) is 28.4. The number of carbonyl (C=O) groups is 3. The van der Waals surface area contributed by atoms with Gasteiger partial charge in [-0.1, -0.05) is 50.6 Å². The number of aliphatic hydroxyl groups excluding tert-OH is 5. The molecular formula is C55H76FN17O12. The summed E-state index contributed by atoms with van der Waals surface area (Å²) < 4.78 is 34.6. The minimum Gasteiger partial charge on any atom is -0.506 e. The minimum atomic E-state index is -1.20. The van der Waals surface area contributed by atoms with E-state index < -0.39 is 111 Å². The zero-order chi connectivity index (χ0) is 61.2. The number of halogens is 1. The first-order valence-corrected chi connectivity index (χ1v) is 27.9. The van der Waals surface area contributed by atoms with Crippen LogP contribution in [-0.2, 0) is 35.0 Å². The van der Waals surface area contributed by atoms with Crippen molar-refractivity contribution in [1.82, 2.24) is 54.6 Å². The van der Waals surface area contributed by atoms with Gasteiger partial charge in [-0.05, 0) is 55.9 Å². The van der Waals surface area contributed by atoms with Crippen molar-refractivity contribution in [3.05, 3.63) is 91.5 Å². The molecule has 10 rings (SSSR count). The average Bonchev–Trinajstić information content (AvgIpc) is 3.17. The molecule has 9 heterocycles. The van der Waals surface area contributed by atoms with Crippen LogP contribution in [0.1, 0.15) is 70.2 Å². The van der Waals surface area contributed by atoms with Gasteiger partial charge in [0.05, 0.1) is 98.4 Å². The lowest BCUT2D eigenvalue weighted by molar-refractivity contribution is -0.125. The molecular weight excluding hydrogens is 1110 g/mol. The molecule has 3 saturated heterocycles. The third-order valence-corrected chi connectivity index (χ3v) is 15.3. The first-order valence-electron chi connectivity index (χ1n) is 27.9. The molecule has 3 fully saturated rings. The quantitative estimate of drug-likeness (QED) is 0.0435. The molecule has 29 nitrogen and oxygen atoms in total. The fourth-order valence-electron chi connectivity index (χ4n) is 10.7. The molecule has 1 aromatic carbocycles. The van der Waals surface area contributed by atoms with E-state index >= 15 is 0 Å². The Morgan fingerprint density at radius 2 is 1.06 bits per heavy atom. The Hall–Kier alpha value is -7.75. The van der Waals surface area contributed by atoms with Gasteiger partial charge in [0.1, 0.15) is 59.2 Å². The van der Waals surface area contributed by atoms with Crippen LogP contribution in [0.15, 0.2) is 86.0 Å². The number of fused-ring (bicyclic) bond motifs is 3. The summed E-state index contributed by atoms with van der Waals surface area (Å²) in [6.45, 7) is 2.22. The van der Waals surface area contributed by atoms with Crippen LogP contribution >= 0.6 is 0 Å². The van der Waals surface area contributed by atoms with Crippen molar-refractivity contribution in [3.63, 3.8) is 0 Å². The number of imidazole rings is 2. The van der Waals surface area contributed by atoms with E-state index in [9.17, 15) is 49.4 Å². The summed E-state index contributed by atoms with van der Waals surface area (Å²) in [5.41, 5.74) is 40.2. The van der Waals surface area contributed by atoms with Crippen molar-refractivity contribution in [2.75, 3.05) is 43.7 Å². The molecule has 3 aliphatic rings. The van der Waals surface area contributed by atoms with Gasteiger partial charge in [-0.25, -0.2) is 24.9 Å². The smallest absolute Gasteiger partial charge is 0.237 e. The Morgan fingerprint density at radius 3 is 1.58 bits per heavy atom. The number of carbonyl (C=O) groups excluding carboxylic acids is 3. The summed E-state index contributed by atoms with van der Waals surface area (Å²) in [4.78, 5) is 58.5. The first-order chi connectivity index (χ1) is 40.8. The number of nitrogens with two attached hydrogens (primary N) is 6. The minimum absolute atomic E-state index is 0.107. The number of ether oxygens (including phenoxy) is 3. The number of nitrogen functional groups attached to an aromatic ring is 3. The Morgan fingerprint density at radius 1 is 0.612 bits per heavy atom. The van der Waals surface area contributed by atoms with E-state index in [0.717, 1.165) is 12.0 Å². The summed E-state index contributed by atoms with van der Waals surface area (Å²) in [6, 6.07) is 10.1. The zero-order valence-electron chi connectivity index (χ0n) is 46.9. The molecule has 0 aliphatic carbocycles. The Labute approximate surface area is 486 Å². The fraction of sp³-hybridized carbons (Fsp3) is 0.491. The van der Waals surface area contributed by atoms with Crippen LogP contribution in [0.25, 0.3) is 33.4 Å². The topological polar surface area (TPSA) is 472 Å². The van der Waals surface area contributed by atoms with Gasteiger partial charge in [-0.15, -0.1) is 0 Å². The number of hydrogen-bond donors (Lipinski definition) is 15. The summed E-state index contributed by atoms with van der Waals surface area (Å²) in [7, 11) is 0.